The number of carboxylic acids is 1. The number of non-ortho nitro benzene ring substituents is 1. The third kappa shape index (κ3) is 6.12. The van der Waals surface area contributed by atoms with Crippen molar-refractivity contribution in [3.63, 3.8) is 0 Å². The molecule has 0 aliphatic carbocycles. The van der Waals surface area contributed by atoms with Crippen molar-refractivity contribution in [1.29, 1.82) is 0 Å². The number of carbonyl (C=O) groups is 3. The van der Waals surface area contributed by atoms with Crippen LogP contribution in [0.2, 0.25) is 0 Å². The van der Waals surface area contributed by atoms with Gasteiger partial charge in [-0.2, -0.15) is 0 Å². The zero-order valence-corrected chi connectivity index (χ0v) is 13.9. The van der Waals surface area contributed by atoms with Crippen molar-refractivity contribution in [3.05, 3.63) is 69.8 Å². The highest BCUT2D eigenvalue weighted by atomic mass is 16.6. The SMILES string of the molecule is O=C(CNC(=O)OCc1ccc([N+](=O)[O-])cc1)Nc1ccc(C(=O)O)cc1. The molecule has 140 valence electrons. The first kappa shape index (κ1) is 19.4. The van der Waals surface area contributed by atoms with Crippen molar-refractivity contribution >= 4 is 29.3 Å². The Hall–Kier alpha value is -3.95. The van der Waals surface area contributed by atoms with Crippen molar-refractivity contribution < 1.29 is 29.2 Å². The lowest BCUT2D eigenvalue weighted by atomic mass is 10.2. The second-order valence-corrected chi connectivity index (χ2v) is 5.28. The van der Waals surface area contributed by atoms with Crippen molar-refractivity contribution in [3.8, 4) is 0 Å². The number of rotatable bonds is 7. The van der Waals surface area contributed by atoms with Crippen molar-refractivity contribution in [2.45, 2.75) is 6.61 Å². The minimum Gasteiger partial charge on any atom is -0.478 e. The van der Waals surface area contributed by atoms with E-state index >= 15 is 0 Å². The number of hydrogen-bond acceptors (Lipinski definition) is 6. The first-order valence-electron chi connectivity index (χ1n) is 7.62. The maximum atomic E-state index is 11.7. The Kier molecular flexibility index (Phi) is 6.42. The molecule has 0 saturated carbocycles. The van der Waals surface area contributed by atoms with E-state index < -0.39 is 22.9 Å². The lowest BCUT2D eigenvalue weighted by Crippen LogP contribution is -2.33. The first-order valence-corrected chi connectivity index (χ1v) is 7.62. The Morgan fingerprint density at radius 2 is 1.67 bits per heavy atom. The number of amides is 2. The first-order chi connectivity index (χ1) is 12.8. The minimum absolute atomic E-state index is 0.0729. The summed E-state index contributed by atoms with van der Waals surface area (Å²) in [6, 6.07) is 11.0. The summed E-state index contributed by atoms with van der Waals surface area (Å²) >= 11 is 0. The van der Waals surface area contributed by atoms with E-state index in [-0.39, 0.29) is 24.4 Å². The van der Waals surface area contributed by atoms with Crippen molar-refractivity contribution in [1.82, 2.24) is 5.32 Å². The number of hydrogen-bond donors (Lipinski definition) is 3. The van der Waals surface area contributed by atoms with Gasteiger partial charge in [-0.05, 0) is 42.0 Å². The van der Waals surface area contributed by atoms with Crippen LogP contribution in [0.25, 0.3) is 0 Å². The number of alkyl carbamates (subject to hydrolysis) is 1. The van der Waals surface area contributed by atoms with Crippen LogP contribution in [0, 0.1) is 10.1 Å². The van der Waals surface area contributed by atoms with Gasteiger partial charge in [0, 0.05) is 17.8 Å². The number of nitro benzene ring substituents is 1. The van der Waals surface area contributed by atoms with E-state index in [1.165, 1.54) is 48.5 Å². The molecule has 0 radical (unpaired) electrons. The summed E-state index contributed by atoms with van der Waals surface area (Å²) in [5.74, 6) is -1.60. The number of ether oxygens (including phenoxy) is 1. The van der Waals surface area contributed by atoms with Gasteiger partial charge in [-0.15, -0.1) is 0 Å². The molecule has 0 aliphatic heterocycles. The molecule has 0 aliphatic rings. The van der Waals surface area contributed by atoms with E-state index in [0.717, 1.165) is 0 Å². The summed E-state index contributed by atoms with van der Waals surface area (Å²) in [5, 5.41) is 24.1. The lowest BCUT2D eigenvalue weighted by molar-refractivity contribution is -0.384. The molecule has 0 aromatic heterocycles. The number of carboxylic acid groups (broad SMARTS) is 1. The van der Waals surface area contributed by atoms with Gasteiger partial charge in [0.25, 0.3) is 5.69 Å². The predicted octanol–water partition coefficient (Wildman–Crippen LogP) is 2.16. The summed E-state index contributed by atoms with van der Waals surface area (Å²) in [4.78, 5) is 44.1. The summed E-state index contributed by atoms with van der Waals surface area (Å²) < 4.78 is 4.91. The molecule has 10 nitrogen and oxygen atoms in total. The number of benzene rings is 2. The number of carbonyl (C=O) groups excluding carboxylic acids is 2. The summed E-state index contributed by atoms with van der Waals surface area (Å²) in [5.41, 5.74) is 0.946. The quantitative estimate of drug-likeness (QED) is 0.497. The van der Waals surface area contributed by atoms with Gasteiger partial charge in [0.1, 0.15) is 13.2 Å². The minimum atomic E-state index is -1.08. The van der Waals surface area contributed by atoms with Gasteiger partial charge < -0.3 is 20.5 Å². The fourth-order valence-electron chi connectivity index (χ4n) is 1.97. The zero-order chi connectivity index (χ0) is 19.8. The second kappa shape index (κ2) is 8.94. The van der Waals surface area contributed by atoms with Gasteiger partial charge in [-0.1, -0.05) is 0 Å². The predicted molar refractivity (Wildman–Crippen MR) is 93.3 cm³/mol. The largest absolute Gasteiger partial charge is 0.478 e. The van der Waals surface area contributed by atoms with Gasteiger partial charge in [0.15, 0.2) is 0 Å². The van der Waals surface area contributed by atoms with Crippen LogP contribution in [-0.2, 0) is 16.1 Å². The van der Waals surface area contributed by atoms with E-state index in [1.54, 1.807) is 0 Å². The van der Waals surface area contributed by atoms with Crippen LogP contribution >= 0.6 is 0 Å². The third-order valence-electron chi connectivity index (χ3n) is 3.33. The Morgan fingerprint density at radius 1 is 1.04 bits per heavy atom. The van der Waals surface area contributed by atoms with Crippen LogP contribution < -0.4 is 10.6 Å². The van der Waals surface area contributed by atoms with Gasteiger partial charge >= 0.3 is 12.1 Å². The third-order valence-corrected chi connectivity index (χ3v) is 3.33. The average molecular weight is 373 g/mol. The Morgan fingerprint density at radius 3 is 2.22 bits per heavy atom. The van der Waals surface area contributed by atoms with Crippen molar-refractivity contribution in [2.24, 2.45) is 0 Å². The Bertz CT molecular complexity index is 848. The average Bonchev–Trinajstić information content (AvgIpc) is 2.65. The molecular formula is C17H15N3O7. The lowest BCUT2D eigenvalue weighted by Gasteiger charge is -2.08. The molecule has 0 spiro atoms. The summed E-state index contributed by atoms with van der Waals surface area (Å²) in [7, 11) is 0. The van der Waals surface area contributed by atoms with E-state index in [9.17, 15) is 24.5 Å². The molecule has 3 N–H and O–H groups in total. The fourth-order valence-corrected chi connectivity index (χ4v) is 1.97. The highest BCUT2D eigenvalue weighted by molar-refractivity contribution is 5.94. The smallest absolute Gasteiger partial charge is 0.407 e. The monoisotopic (exact) mass is 373 g/mol. The zero-order valence-electron chi connectivity index (χ0n) is 13.9. The molecule has 0 saturated heterocycles. The highest BCUT2D eigenvalue weighted by Gasteiger charge is 2.09. The number of anilines is 1. The van der Waals surface area contributed by atoms with E-state index in [1.807, 2.05) is 0 Å². The Labute approximate surface area is 152 Å². The van der Waals surface area contributed by atoms with Gasteiger partial charge in [0.05, 0.1) is 10.5 Å². The van der Waals surface area contributed by atoms with E-state index in [4.69, 9.17) is 9.84 Å². The van der Waals surface area contributed by atoms with Gasteiger partial charge in [-0.3, -0.25) is 14.9 Å². The number of nitro groups is 1. The Balaban J connectivity index is 1.73. The molecule has 10 heteroatoms. The molecular weight excluding hydrogens is 358 g/mol. The molecule has 2 aromatic carbocycles. The maximum Gasteiger partial charge on any atom is 0.407 e. The molecule has 0 heterocycles. The molecule has 0 atom stereocenters. The fraction of sp³-hybridized carbons (Fsp3) is 0.118. The van der Waals surface area contributed by atoms with E-state index in [0.29, 0.717) is 11.3 Å². The molecule has 0 fully saturated rings. The standard InChI is InChI=1S/C17H15N3O7/c21-15(19-13-5-3-12(4-6-13)16(22)23)9-18-17(24)27-10-11-1-7-14(8-2-11)20(25)26/h1-8H,9-10H2,(H,18,24)(H,19,21)(H,22,23). The van der Waals surface area contributed by atoms with Crippen LogP contribution in [-0.4, -0.2) is 34.5 Å². The summed E-state index contributed by atoms with van der Waals surface area (Å²) in [6.45, 7) is -0.456. The molecule has 0 unspecified atom stereocenters. The van der Waals surface area contributed by atoms with Crippen LogP contribution in [0.4, 0.5) is 16.2 Å². The van der Waals surface area contributed by atoms with Crippen LogP contribution in [0.15, 0.2) is 48.5 Å². The maximum absolute atomic E-state index is 11.7. The van der Waals surface area contributed by atoms with Crippen LogP contribution in [0.3, 0.4) is 0 Å². The number of aromatic carboxylic acids is 1. The molecule has 2 aromatic rings. The molecule has 2 amide bonds. The highest BCUT2D eigenvalue weighted by Crippen LogP contribution is 2.12. The summed E-state index contributed by atoms with van der Waals surface area (Å²) in [6.07, 6.45) is -0.829. The van der Waals surface area contributed by atoms with Crippen molar-refractivity contribution in [2.75, 3.05) is 11.9 Å². The number of nitrogens with one attached hydrogen (secondary N) is 2. The molecule has 2 rings (SSSR count). The van der Waals surface area contributed by atoms with Gasteiger partial charge in [0.2, 0.25) is 5.91 Å². The van der Waals surface area contributed by atoms with Crippen LogP contribution in [0.1, 0.15) is 15.9 Å². The second-order valence-electron chi connectivity index (χ2n) is 5.28. The molecule has 27 heavy (non-hydrogen) atoms. The topological polar surface area (TPSA) is 148 Å². The normalized spacial score (nSPS) is 9.93. The van der Waals surface area contributed by atoms with E-state index in [2.05, 4.69) is 10.6 Å². The van der Waals surface area contributed by atoms with Crippen LogP contribution in [0.5, 0.6) is 0 Å². The van der Waals surface area contributed by atoms with Gasteiger partial charge in [-0.25, -0.2) is 9.59 Å². The number of nitrogens with zero attached hydrogens (tertiary/aromatic N) is 1. The molecule has 0 bridgehead atoms.